The number of rotatable bonds is 3. The van der Waals surface area contributed by atoms with E-state index >= 15 is 0 Å². The van der Waals surface area contributed by atoms with Gasteiger partial charge in [0.25, 0.3) is 0 Å². The highest BCUT2D eigenvalue weighted by Gasteiger charge is 2.45. The number of nitrogens with two attached hydrogens (primary N) is 1. The Labute approximate surface area is 168 Å². The van der Waals surface area contributed by atoms with E-state index in [-0.39, 0.29) is 29.6 Å². The largest absolute Gasteiger partial charge is 0.418 e. The quantitative estimate of drug-likeness (QED) is 0.726. The molecule has 1 aromatic heterocycles. The first-order valence-corrected chi connectivity index (χ1v) is 9.20. The fourth-order valence-electron chi connectivity index (χ4n) is 3.63. The number of amides is 1. The number of fused-ring (bicyclic) bond motifs is 1. The topological polar surface area (TPSA) is 71.2 Å². The van der Waals surface area contributed by atoms with Crippen molar-refractivity contribution in [1.29, 1.82) is 0 Å². The third-order valence-electron chi connectivity index (χ3n) is 5.07. The molecule has 1 fully saturated rings. The first-order valence-electron chi connectivity index (χ1n) is 9.20. The number of carbonyl (C=O) groups excluding carboxylic acids is 1. The van der Waals surface area contributed by atoms with Gasteiger partial charge in [0, 0.05) is 36.4 Å². The minimum atomic E-state index is -4.66. The first-order chi connectivity index (χ1) is 13.9. The SMILES string of the molecule is CC(N)C(=O)NC1CC(C(F)(F)F)CN(c2ccc(C(F)(F)F)c3ncccc23)C1. The highest BCUT2D eigenvalue weighted by atomic mass is 19.4. The minimum Gasteiger partial charge on any atom is -0.368 e. The van der Waals surface area contributed by atoms with Crippen LogP contribution < -0.4 is 16.0 Å². The molecule has 1 saturated heterocycles. The number of halogens is 6. The van der Waals surface area contributed by atoms with Crippen LogP contribution in [0.5, 0.6) is 0 Å². The van der Waals surface area contributed by atoms with Gasteiger partial charge in [0.2, 0.25) is 5.91 Å². The molecule has 1 aliphatic rings. The van der Waals surface area contributed by atoms with Crippen LogP contribution in [-0.2, 0) is 11.0 Å². The fourth-order valence-corrected chi connectivity index (χ4v) is 3.63. The highest BCUT2D eigenvalue weighted by molar-refractivity contribution is 5.94. The molecule has 0 spiro atoms. The molecule has 2 aromatic rings. The van der Waals surface area contributed by atoms with Crippen molar-refractivity contribution in [3.8, 4) is 0 Å². The normalized spacial score (nSPS) is 21.5. The van der Waals surface area contributed by atoms with Crippen LogP contribution in [0, 0.1) is 5.92 Å². The monoisotopic (exact) mass is 434 g/mol. The zero-order valence-electron chi connectivity index (χ0n) is 15.9. The van der Waals surface area contributed by atoms with E-state index < -0.39 is 48.4 Å². The van der Waals surface area contributed by atoms with E-state index in [1.807, 2.05) is 0 Å². The number of benzene rings is 1. The molecule has 30 heavy (non-hydrogen) atoms. The molecule has 5 nitrogen and oxygen atoms in total. The molecule has 3 N–H and O–H groups in total. The molecule has 1 amide bonds. The van der Waals surface area contributed by atoms with Gasteiger partial charge in [-0.2, -0.15) is 26.3 Å². The van der Waals surface area contributed by atoms with E-state index in [9.17, 15) is 31.1 Å². The number of hydrogen-bond acceptors (Lipinski definition) is 4. The number of hydrogen-bond donors (Lipinski definition) is 2. The Morgan fingerprint density at radius 1 is 1.20 bits per heavy atom. The third-order valence-corrected chi connectivity index (χ3v) is 5.07. The number of anilines is 1. The molecule has 0 aliphatic carbocycles. The number of alkyl halides is 6. The predicted octanol–water partition coefficient (Wildman–Crippen LogP) is 3.47. The van der Waals surface area contributed by atoms with Crippen LogP contribution in [0.4, 0.5) is 32.0 Å². The van der Waals surface area contributed by atoms with Gasteiger partial charge >= 0.3 is 12.4 Å². The van der Waals surface area contributed by atoms with E-state index in [1.165, 1.54) is 30.2 Å². The zero-order chi connectivity index (χ0) is 22.3. The number of nitrogens with one attached hydrogen (secondary N) is 1. The average Bonchev–Trinajstić information content (AvgIpc) is 2.65. The smallest absolute Gasteiger partial charge is 0.368 e. The van der Waals surface area contributed by atoms with Gasteiger partial charge in [-0.05, 0) is 37.6 Å². The molecule has 1 aromatic carbocycles. The highest BCUT2D eigenvalue weighted by Crippen LogP contribution is 2.40. The molecule has 0 radical (unpaired) electrons. The Hall–Kier alpha value is -2.56. The van der Waals surface area contributed by atoms with Crippen LogP contribution >= 0.6 is 0 Å². The maximum absolute atomic E-state index is 13.5. The van der Waals surface area contributed by atoms with Gasteiger partial charge in [0.1, 0.15) is 0 Å². The predicted molar refractivity (Wildman–Crippen MR) is 98.7 cm³/mol. The Bertz CT molecular complexity index is 927. The van der Waals surface area contributed by atoms with Gasteiger partial charge in [0.05, 0.1) is 23.0 Å². The summed E-state index contributed by atoms with van der Waals surface area (Å²) >= 11 is 0. The van der Waals surface area contributed by atoms with Crippen molar-refractivity contribution in [3.63, 3.8) is 0 Å². The van der Waals surface area contributed by atoms with Crippen molar-refractivity contribution in [1.82, 2.24) is 10.3 Å². The number of carbonyl (C=O) groups is 1. The van der Waals surface area contributed by atoms with Gasteiger partial charge in [-0.25, -0.2) is 0 Å². The molecule has 0 saturated carbocycles. The summed E-state index contributed by atoms with van der Waals surface area (Å²) < 4.78 is 80.5. The fraction of sp³-hybridized carbons (Fsp3) is 0.474. The number of piperidine rings is 1. The second kappa shape index (κ2) is 7.93. The third kappa shape index (κ3) is 4.61. The van der Waals surface area contributed by atoms with Gasteiger partial charge in [-0.15, -0.1) is 0 Å². The van der Waals surface area contributed by atoms with E-state index in [0.29, 0.717) is 0 Å². The number of pyridine rings is 1. The summed E-state index contributed by atoms with van der Waals surface area (Å²) in [6.45, 7) is 0.968. The summed E-state index contributed by atoms with van der Waals surface area (Å²) in [6, 6.07) is 3.01. The van der Waals surface area contributed by atoms with E-state index in [1.54, 1.807) is 0 Å². The standard InChI is InChI=1S/C19H20F6N4O/c1-10(26)17(30)28-12-7-11(18(20,21)22)8-29(9-12)15-5-4-14(19(23,24)25)16-13(15)3-2-6-27-16/h2-6,10-12H,7-9,26H2,1H3,(H,28,30). The van der Waals surface area contributed by atoms with Crippen molar-refractivity contribution >= 4 is 22.5 Å². The van der Waals surface area contributed by atoms with Gasteiger partial charge < -0.3 is 16.0 Å². The Balaban J connectivity index is 2.02. The summed E-state index contributed by atoms with van der Waals surface area (Å²) in [7, 11) is 0. The average molecular weight is 434 g/mol. The van der Waals surface area contributed by atoms with Crippen LogP contribution in [0.25, 0.3) is 10.9 Å². The van der Waals surface area contributed by atoms with Crippen molar-refractivity contribution in [3.05, 3.63) is 36.0 Å². The van der Waals surface area contributed by atoms with Gasteiger partial charge in [-0.1, -0.05) is 0 Å². The molecule has 11 heteroatoms. The molecule has 3 atom stereocenters. The van der Waals surface area contributed by atoms with Crippen LogP contribution in [0.2, 0.25) is 0 Å². The molecular formula is C19H20F6N4O. The molecule has 3 rings (SSSR count). The second-order valence-electron chi connectivity index (χ2n) is 7.40. The number of aromatic nitrogens is 1. The maximum Gasteiger partial charge on any atom is 0.418 e. The molecule has 3 unspecified atom stereocenters. The summed E-state index contributed by atoms with van der Waals surface area (Å²) in [4.78, 5) is 17.1. The second-order valence-corrected chi connectivity index (χ2v) is 7.40. The lowest BCUT2D eigenvalue weighted by molar-refractivity contribution is -0.178. The van der Waals surface area contributed by atoms with Gasteiger partial charge in [0.15, 0.2) is 0 Å². The van der Waals surface area contributed by atoms with Crippen molar-refractivity contribution in [2.45, 2.75) is 37.8 Å². The molecule has 2 heterocycles. The lowest BCUT2D eigenvalue weighted by atomic mass is 9.92. The lowest BCUT2D eigenvalue weighted by Gasteiger charge is -2.40. The van der Waals surface area contributed by atoms with E-state index in [0.717, 1.165) is 12.1 Å². The minimum absolute atomic E-state index is 0.000396. The van der Waals surface area contributed by atoms with Crippen molar-refractivity contribution < 1.29 is 31.1 Å². The molecule has 1 aliphatic heterocycles. The summed E-state index contributed by atoms with van der Waals surface area (Å²) in [5.74, 6) is -2.36. The summed E-state index contributed by atoms with van der Waals surface area (Å²) in [6.07, 6.45) is -8.33. The summed E-state index contributed by atoms with van der Waals surface area (Å²) in [5.41, 5.74) is 4.38. The summed E-state index contributed by atoms with van der Waals surface area (Å²) in [5, 5.41) is 2.59. The van der Waals surface area contributed by atoms with E-state index in [2.05, 4.69) is 10.3 Å². The Kier molecular flexibility index (Phi) is 5.85. The Morgan fingerprint density at radius 3 is 2.50 bits per heavy atom. The van der Waals surface area contributed by atoms with Crippen molar-refractivity contribution in [2.75, 3.05) is 18.0 Å². The maximum atomic E-state index is 13.5. The Morgan fingerprint density at radius 2 is 1.90 bits per heavy atom. The molecular weight excluding hydrogens is 414 g/mol. The van der Waals surface area contributed by atoms with Crippen LogP contribution in [0.1, 0.15) is 18.9 Å². The molecule has 0 bridgehead atoms. The molecule has 164 valence electrons. The van der Waals surface area contributed by atoms with Crippen LogP contribution in [0.3, 0.4) is 0 Å². The number of nitrogens with zero attached hydrogens (tertiary/aromatic N) is 2. The first kappa shape index (κ1) is 22.1. The van der Waals surface area contributed by atoms with Crippen LogP contribution in [0.15, 0.2) is 30.5 Å². The van der Waals surface area contributed by atoms with Gasteiger partial charge in [-0.3, -0.25) is 9.78 Å². The van der Waals surface area contributed by atoms with Crippen LogP contribution in [-0.4, -0.2) is 42.2 Å². The lowest BCUT2D eigenvalue weighted by Crippen LogP contribution is -2.55. The van der Waals surface area contributed by atoms with E-state index in [4.69, 9.17) is 5.73 Å². The van der Waals surface area contributed by atoms with Crippen molar-refractivity contribution in [2.24, 2.45) is 11.7 Å². The zero-order valence-corrected chi connectivity index (χ0v) is 15.9.